The number of piperidine rings is 1. The summed E-state index contributed by atoms with van der Waals surface area (Å²) < 4.78 is 2.02. The number of nitriles is 1. The van der Waals surface area contributed by atoms with Gasteiger partial charge in [-0.3, -0.25) is 9.48 Å². The number of carbonyl (C=O) groups excluding carboxylic acids is 1. The van der Waals surface area contributed by atoms with E-state index in [9.17, 15) is 10.1 Å². The van der Waals surface area contributed by atoms with Crippen LogP contribution in [0.3, 0.4) is 0 Å². The molecule has 34 heavy (non-hydrogen) atoms. The fourth-order valence-corrected chi connectivity index (χ4v) is 4.12. The number of hydrogen-bond acceptors (Lipinski definition) is 7. The fourth-order valence-electron chi connectivity index (χ4n) is 4.12. The number of nitrogens with one attached hydrogen (secondary N) is 2. The zero-order valence-corrected chi connectivity index (χ0v) is 19.8. The van der Waals surface area contributed by atoms with Crippen molar-refractivity contribution in [2.24, 2.45) is 0 Å². The molecule has 3 aromatic rings. The van der Waals surface area contributed by atoms with Crippen molar-refractivity contribution in [1.29, 1.82) is 5.26 Å². The molecule has 2 aromatic heterocycles. The lowest BCUT2D eigenvalue weighted by molar-refractivity contribution is 0.0945. The Morgan fingerprint density at radius 1 is 1.26 bits per heavy atom. The van der Waals surface area contributed by atoms with Gasteiger partial charge >= 0.3 is 0 Å². The molecule has 9 nitrogen and oxygen atoms in total. The van der Waals surface area contributed by atoms with Crippen LogP contribution in [0.1, 0.15) is 48.1 Å². The number of likely N-dealkylation sites (tertiary alicyclic amines) is 1. The van der Waals surface area contributed by atoms with Crippen LogP contribution in [0.15, 0.2) is 42.9 Å². The van der Waals surface area contributed by atoms with E-state index < -0.39 is 6.04 Å². The summed E-state index contributed by atoms with van der Waals surface area (Å²) in [4.78, 5) is 24.4. The molecule has 4 rings (SSSR count). The first-order chi connectivity index (χ1) is 16.5. The molecule has 1 unspecified atom stereocenters. The molecule has 176 valence electrons. The number of nitrogens with zero attached hydrogens (tertiary/aromatic N) is 6. The molecule has 1 aliphatic rings. The summed E-state index contributed by atoms with van der Waals surface area (Å²) in [6, 6.07) is 9.25. The number of anilines is 2. The highest BCUT2D eigenvalue weighted by molar-refractivity contribution is 6.01. The molecular weight excluding hydrogens is 428 g/mol. The maximum Gasteiger partial charge on any atom is 0.253 e. The van der Waals surface area contributed by atoms with Crippen LogP contribution in [0.4, 0.5) is 11.6 Å². The largest absolute Gasteiger partial charge is 0.336 e. The summed E-state index contributed by atoms with van der Waals surface area (Å²) in [6.07, 6.45) is 8.21. The van der Waals surface area contributed by atoms with Crippen molar-refractivity contribution in [3.63, 3.8) is 0 Å². The minimum Gasteiger partial charge on any atom is -0.336 e. The van der Waals surface area contributed by atoms with E-state index in [0.29, 0.717) is 35.2 Å². The molecule has 0 radical (unpaired) electrons. The number of carbonyl (C=O) groups is 1. The third-order valence-electron chi connectivity index (χ3n) is 6.19. The van der Waals surface area contributed by atoms with Crippen LogP contribution >= 0.6 is 0 Å². The van der Waals surface area contributed by atoms with Gasteiger partial charge in [-0.15, -0.1) is 0 Å². The van der Waals surface area contributed by atoms with Gasteiger partial charge in [0.25, 0.3) is 5.91 Å². The Morgan fingerprint density at radius 3 is 2.76 bits per heavy atom. The van der Waals surface area contributed by atoms with Crippen LogP contribution in [-0.4, -0.2) is 56.7 Å². The van der Waals surface area contributed by atoms with Crippen LogP contribution in [0.25, 0.3) is 11.3 Å². The Kier molecular flexibility index (Phi) is 7.18. The molecule has 1 amide bonds. The first-order valence-electron chi connectivity index (χ1n) is 11.6. The maximum atomic E-state index is 12.9. The van der Waals surface area contributed by atoms with Gasteiger partial charge in [-0.25, -0.2) is 9.97 Å². The van der Waals surface area contributed by atoms with Gasteiger partial charge in [0.15, 0.2) is 0 Å². The summed E-state index contributed by atoms with van der Waals surface area (Å²) in [5.74, 6) is 0.137. The lowest BCUT2D eigenvalue weighted by Gasteiger charge is -2.28. The van der Waals surface area contributed by atoms with Crippen LogP contribution < -0.4 is 10.6 Å². The summed E-state index contributed by atoms with van der Waals surface area (Å²) in [6.45, 7) is 5.91. The first-order valence-corrected chi connectivity index (χ1v) is 11.6. The SMILES string of the molecule is CCC(C#N)NC(=O)c1ccccc1-c1nc(Nc2cnn(C3CCN(C)CC3)c2)ncc1C. The van der Waals surface area contributed by atoms with Gasteiger partial charge in [0.05, 0.1) is 29.7 Å². The Labute approximate surface area is 199 Å². The van der Waals surface area contributed by atoms with E-state index in [4.69, 9.17) is 4.98 Å². The topological polar surface area (TPSA) is 112 Å². The second-order valence-corrected chi connectivity index (χ2v) is 8.70. The molecule has 0 aliphatic carbocycles. The molecule has 0 spiro atoms. The summed E-state index contributed by atoms with van der Waals surface area (Å²) >= 11 is 0. The van der Waals surface area contributed by atoms with Crippen molar-refractivity contribution >= 4 is 17.5 Å². The minimum absolute atomic E-state index is 0.295. The van der Waals surface area contributed by atoms with Gasteiger partial charge in [-0.1, -0.05) is 25.1 Å². The first kappa shape index (κ1) is 23.4. The lowest BCUT2D eigenvalue weighted by atomic mass is 10.0. The average molecular weight is 459 g/mol. The predicted molar refractivity (Wildman–Crippen MR) is 131 cm³/mol. The predicted octanol–water partition coefficient (Wildman–Crippen LogP) is 3.69. The van der Waals surface area contributed by atoms with Gasteiger partial charge in [0, 0.05) is 23.5 Å². The Morgan fingerprint density at radius 2 is 2.03 bits per heavy atom. The van der Waals surface area contributed by atoms with E-state index in [1.54, 1.807) is 24.5 Å². The summed E-state index contributed by atoms with van der Waals surface area (Å²) in [7, 11) is 2.14. The molecule has 0 bridgehead atoms. The Balaban J connectivity index is 1.56. The number of rotatable bonds is 7. The monoisotopic (exact) mass is 458 g/mol. The van der Waals surface area contributed by atoms with Crippen LogP contribution in [0, 0.1) is 18.3 Å². The smallest absolute Gasteiger partial charge is 0.253 e. The normalized spacial score (nSPS) is 15.5. The van der Waals surface area contributed by atoms with Crippen LogP contribution in [0.5, 0.6) is 0 Å². The van der Waals surface area contributed by atoms with Crippen molar-refractivity contribution in [2.75, 3.05) is 25.5 Å². The molecule has 9 heteroatoms. The maximum absolute atomic E-state index is 12.9. The molecule has 1 saturated heterocycles. The van der Waals surface area contributed by atoms with E-state index in [1.165, 1.54) is 0 Å². The van der Waals surface area contributed by atoms with E-state index >= 15 is 0 Å². The standard InChI is InChI=1S/C25H30N8O/c1-4-18(13-26)29-24(34)22-8-6-5-7-21(22)23-17(2)14-27-25(31-23)30-19-15-28-33(16-19)20-9-11-32(3)12-10-20/h5-8,14-16,18,20H,4,9-12H2,1-3H3,(H,29,34)(H,27,30,31). The van der Waals surface area contributed by atoms with Crippen LogP contribution in [0.2, 0.25) is 0 Å². The van der Waals surface area contributed by atoms with Crippen molar-refractivity contribution in [3.05, 3.63) is 54.0 Å². The quantitative estimate of drug-likeness (QED) is 0.555. The molecule has 3 heterocycles. The highest BCUT2D eigenvalue weighted by Gasteiger charge is 2.20. The van der Waals surface area contributed by atoms with Crippen molar-refractivity contribution in [2.45, 2.75) is 45.2 Å². The summed E-state index contributed by atoms with van der Waals surface area (Å²) in [5.41, 5.74) is 3.49. The number of amides is 1. The van der Waals surface area contributed by atoms with Crippen LogP contribution in [-0.2, 0) is 0 Å². The molecule has 0 saturated carbocycles. The molecule has 1 atom stereocenters. The zero-order valence-electron chi connectivity index (χ0n) is 19.8. The second kappa shape index (κ2) is 10.4. The van der Waals surface area contributed by atoms with Gasteiger partial charge in [-0.05, 0) is 58.0 Å². The van der Waals surface area contributed by atoms with E-state index in [0.717, 1.165) is 37.2 Å². The average Bonchev–Trinajstić information content (AvgIpc) is 3.32. The van der Waals surface area contributed by atoms with Crippen molar-refractivity contribution in [1.82, 2.24) is 30.0 Å². The Hall–Kier alpha value is -3.77. The van der Waals surface area contributed by atoms with Gasteiger partial charge < -0.3 is 15.5 Å². The molecule has 1 aliphatic heterocycles. The third-order valence-corrected chi connectivity index (χ3v) is 6.19. The number of aromatic nitrogens is 4. The summed E-state index contributed by atoms with van der Waals surface area (Å²) in [5, 5.41) is 19.8. The van der Waals surface area contributed by atoms with E-state index in [-0.39, 0.29) is 5.91 Å². The van der Waals surface area contributed by atoms with Gasteiger partial charge in [-0.2, -0.15) is 10.4 Å². The Bertz CT molecular complexity index is 1190. The van der Waals surface area contributed by atoms with Gasteiger partial charge in [0.1, 0.15) is 6.04 Å². The number of hydrogen-bond donors (Lipinski definition) is 2. The molecule has 1 aromatic carbocycles. The number of benzene rings is 1. The minimum atomic E-state index is -0.537. The van der Waals surface area contributed by atoms with E-state index in [1.807, 2.05) is 36.9 Å². The fraction of sp³-hybridized carbons (Fsp3) is 0.400. The van der Waals surface area contributed by atoms with Crippen molar-refractivity contribution < 1.29 is 4.79 Å². The highest BCUT2D eigenvalue weighted by atomic mass is 16.1. The lowest BCUT2D eigenvalue weighted by Crippen LogP contribution is -2.33. The van der Waals surface area contributed by atoms with Gasteiger partial charge in [0.2, 0.25) is 5.95 Å². The third kappa shape index (κ3) is 5.24. The zero-order chi connectivity index (χ0) is 24.1. The second-order valence-electron chi connectivity index (χ2n) is 8.70. The molecular formula is C25H30N8O. The number of aryl methyl sites for hydroxylation is 1. The van der Waals surface area contributed by atoms with Crippen molar-refractivity contribution in [3.8, 4) is 17.3 Å². The van der Waals surface area contributed by atoms with E-state index in [2.05, 4.69) is 38.7 Å². The highest BCUT2D eigenvalue weighted by Crippen LogP contribution is 2.27. The molecule has 1 fully saturated rings. The molecule has 2 N–H and O–H groups in total.